The molecule has 3 aromatic rings. The number of hydrogen-bond donors (Lipinski definition) is 1. The van der Waals surface area contributed by atoms with Crippen LogP contribution in [0.2, 0.25) is 0 Å². The highest BCUT2D eigenvalue weighted by Gasteiger charge is 2.17. The first-order valence-electron chi connectivity index (χ1n) is 11.3. The predicted octanol–water partition coefficient (Wildman–Crippen LogP) is 5.33. The van der Waals surface area contributed by atoms with Crippen molar-refractivity contribution in [3.05, 3.63) is 71.5 Å². The van der Waals surface area contributed by atoms with Gasteiger partial charge in [0.05, 0.1) is 20.3 Å². The molecule has 33 heavy (non-hydrogen) atoms. The number of carbonyl (C=O) groups excluding carboxylic acids is 1. The van der Waals surface area contributed by atoms with E-state index in [-0.39, 0.29) is 18.7 Å². The molecule has 2 atom stereocenters. The van der Waals surface area contributed by atoms with Gasteiger partial charge in [-0.3, -0.25) is 4.79 Å². The number of aromatic nitrogens is 2. The lowest BCUT2D eigenvalue weighted by molar-refractivity contribution is 0.0928. The fourth-order valence-corrected chi connectivity index (χ4v) is 3.59. The lowest BCUT2D eigenvalue weighted by Crippen LogP contribution is -2.28. The molecule has 0 saturated heterocycles. The van der Waals surface area contributed by atoms with Crippen LogP contribution in [0.5, 0.6) is 17.2 Å². The second-order valence-electron chi connectivity index (χ2n) is 7.92. The monoisotopic (exact) mass is 451 g/mol. The highest BCUT2D eigenvalue weighted by Crippen LogP contribution is 2.36. The minimum Gasteiger partial charge on any atom is -0.493 e. The summed E-state index contributed by atoms with van der Waals surface area (Å²) < 4.78 is 18.1. The topological polar surface area (TPSA) is 74.6 Å². The molecular weight excluding hydrogens is 418 g/mol. The summed E-state index contributed by atoms with van der Waals surface area (Å²) in [5, 5.41) is 7.45. The average Bonchev–Trinajstić information content (AvgIpc) is 3.34. The van der Waals surface area contributed by atoms with E-state index >= 15 is 0 Å². The summed E-state index contributed by atoms with van der Waals surface area (Å²) in [6.45, 7) is 6.57. The van der Waals surface area contributed by atoms with Crippen molar-refractivity contribution in [2.75, 3.05) is 14.2 Å². The van der Waals surface area contributed by atoms with E-state index in [9.17, 15) is 4.79 Å². The van der Waals surface area contributed by atoms with Gasteiger partial charge in [-0.2, -0.15) is 5.10 Å². The molecule has 1 heterocycles. The van der Waals surface area contributed by atoms with Crippen molar-refractivity contribution < 1.29 is 19.0 Å². The van der Waals surface area contributed by atoms with Crippen molar-refractivity contribution in [1.82, 2.24) is 15.1 Å². The standard InChI is InChI=1S/C26H33N3O4/c1-6-18(3)19-11-13-20(14-12-19)21(7-2)27-26(30)22-15-16-29(28-22)17-33-25-23(31-4)9-8-10-24(25)32-5/h8-16,18,21H,6-7,17H2,1-5H3,(H,27,30). The molecule has 7 nitrogen and oxygen atoms in total. The maximum Gasteiger partial charge on any atom is 0.272 e. The highest BCUT2D eigenvalue weighted by molar-refractivity contribution is 5.92. The third-order valence-electron chi connectivity index (χ3n) is 5.83. The van der Waals surface area contributed by atoms with E-state index in [1.54, 1.807) is 43.3 Å². The zero-order valence-electron chi connectivity index (χ0n) is 20.0. The Bertz CT molecular complexity index is 1020. The molecule has 1 N–H and O–H groups in total. The normalized spacial score (nSPS) is 12.6. The lowest BCUT2D eigenvalue weighted by Gasteiger charge is -2.18. The Kier molecular flexibility index (Phi) is 8.35. The molecule has 2 unspecified atom stereocenters. The molecule has 7 heteroatoms. The molecule has 0 fully saturated rings. The molecule has 0 aliphatic carbocycles. The molecule has 2 aromatic carbocycles. The Morgan fingerprint density at radius 3 is 2.18 bits per heavy atom. The molecule has 1 amide bonds. The third-order valence-corrected chi connectivity index (χ3v) is 5.83. The van der Waals surface area contributed by atoms with Gasteiger partial charge in [-0.15, -0.1) is 0 Å². The first-order valence-corrected chi connectivity index (χ1v) is 11.3. The van der Waals surface area contributed by atoms with E-state index in [1.165, 1.54) is 5.56 Å². The van der Waals surface area contributed by atoms with Crippen molar-refractivity contribution in [1.29, 1.82) is 0 Å². The van der Waals surface area contributed by atoms with Gasteiger partial charge in [-0.05, 0) is 48.1 Å². The zero-order chi connectivity index (χ0) is 23.8. The largest absolute Gasteiger partial charge is 0.493 e. The lowest BCUT2D eigenvalue weighted by atomic mass is 9.95. The third kappa shape index (κ3) is 5.86. The van der Waals surface area contributed by atoms with Crippen molar-refractivity contribution >= 4 is 5.91 Å². The van der Waals surface area contributed by atoms with Crippen molar-refractivity contribution in [3.8, 4) is 17.2 Å². The molecule has 0 spiro atoms. The van der Waals surface area contributed by atoms with Crippen molar-refractivity contribution in [2.24, 2.45) is 0 Å². The van der Waals surface area contributed by atoms with E-state index in [0.717, 1.165) is 18.4 Å². The van der Waals surface area contributed by atoms with Gasteiger partial charge in [0.25, 0.3) is 5.91 Å². The van der Waals surface area contributed by atoms with Gasteiger partial charge < -0.3 is 19.5 Å². The van der Waals surface area contributed by atoms with Gasteiger partial charge in [0, 0.05) is 6.20 Å². The quantitative estimate of drug-likeness (QED) is 0.426. The second-order valence-corrected chi connectivity index (χ2v) is 7.92. The minimum atomic E-state index is -0.221. The Balaban J connectivity index is 1.65. The summed E-state index contributed by atoms with van der Waals surface area (Å²) in [6, 6.07) is 15.5. The van der Waals surface area contributed by atoms with Crippen LogP contribution in [0, 0.1) is 0 Å². The number of ether oxygens (including phenoxy) is 3. The summed E-state index contributed by atoms with van der Waals surface area (Å²) in [4.78, 5) is 12.8. The number of benzene rings is 2. The summed E-state index contributed by atoms with van der Waals surface area (Å²) >= 11 is 0. The van der Waals surface area contributed by atoms with E-state index < -0.39 is 0 Å². The first kappa shape index (κ1) is 24.2. The molecule has 0 aliphatic rings. The fourth-order valence-electron chi connectivity index (χ4n) is 3.59. The van der Waals surface area contributed by atoms with Crippen LogP contribution in [0.15, 0.2) is 54.7 Å². The molecule has 176 valence electrons. The maximum atomic E-state index is 12.8. The molecule has 0 bridgehead atoms. The van der Waals surface area contributed by atoms with E-state index in [2.05, 4.69) is 55.5 Å². The van der Waals surface area contributed by atoms with Crippen molar-refractivity contribution in [3.63, 3.8) is 0 Å². The van der Waals surface area contributed by atoms with E-state index in [1.807, 2.05) is 6.07 Å². The summed E-state index contributed by atoms with van der Waals surface area (Å²) in [7, 11) is 3.14. The Hall–Kier alpha value is -3.48. The fraction of sp³-hybridized carbons (Fsp3) is 0.385. The molecule has 0 radical (unpaired) electrons. The predicted molar refractivity (Wildman–Crippen MR) is 128 cm³/mol. The van der Waals surface area contributed by atoms with Gasteiger partial charge >= 0.3 is 0 Å². The number of methoxy groups -OCH3 is 2. The Morgan fingerprint density at radius 2 is 1.61 bits per heavy atom. The number of carbonyl (C=O) groups is 1. The number of hydrogen-bond acceptors (Lipinski definition) is 5. The van der Waals surface area contributed by atoms with Crippen LogP contribution >= 0.6 is 0 Å². The highest BCUT2D eigenvalue weighted by atomic mass is 16.5. The number of nitrogens with zero attached hydrogens (tertiary/aromatic N) is 2. The summed E-state index contributed by atoms with van der Waals surface area (Å²) in [6.07, 6.45) is 3.59. The number of para-hydroxylation sites is 1. The van der Waals surface area contributed by atoms with Crippen molar-refractivity contribution in [2.45, 2.75) is 52.3 Å². The minimum absolute atomic E-state index is 0.0808. The Labute approximate surface area is 195 Å². The second kappa shape index (κ2) is 11.4. The Morgan fingerprint density at radius 1 is 0.970 bits per heavy atom. The molecule has 0 aliphatic heterocycles. The summed E-state index contributed by atoms with van der Waals surface area (Å²) in [5.74, 6) is 1.90. The van der Waals surface area contributed by atoms with Crippen LogP contribution in [0.4, 0.5) is 0 Å². The SMILES string of the molecule is CCC(C)c1ccc(C(CC)NC(=O)c2ccn(COc3c(OC)cccc3OC)n2)cc1. The number of rotatable bonds is 11. The van der Waals surface area contributed by atoms with E-state index in [4.69, 9.17) is 14.2 Å². The van der Waals surface area contributed by atoms with E-state index in [0.29, 0.717) is 28.9 Å². The molecule has 3 rings (SSSR count). The number of nitrogens with one attached hydrogen (secondary N) is 1. The smallest absolute Gasteiger partial charge is 0.272 e. The molecule has 1 aromatic heterocycles. The first-order chi connectivity index (χ1) is 16.0. The van der Waals surface area contributed by atoms with Gasteiger partial charge in [-0.25, -0.2) is 4.68 Å². The van der Waals surface area contributed by atoms with Gasteiger partial charge in [0.15, 0.2) is 18.2 Å². The van der Waals surface area contributed by atoms with Crippen LogP contribution in [0.1, 0.15) is 67.2 Å². The van der Waals surface area contributed by atoms with Crippen LogP contribution in [-0.2, 0) is 6.73 Å². The van der Waals surface area contributed by atoms with Gasteiger partial charge in [0.2, 0.25) is 5.75 Å². The average molecular weight is 452 g/mol. The van der Waals surface area contributed by atoms with Gasteiger partial charge in [0.1, 0.15) is 5.69 Å². The maximum absolute atomic E-state index is 12.8. The molecular formula is C26H33N3O4. The van der Waals surface area contributed by atoms with Crippen LogP contribution < -0.4 is 19.5 Å². The molecule has 0 saturated carbocycles. The number of amides is 1. The summed E-state index contributed by atoms with van der Waals surface area (Å²) in [5.41, 5.74) is 2.73. The van der Waals surface area contributed by atoms with Crippen LogP contribution in [-0.4, -0.2) is 29.9 Å². The zero-order valence-corrected chi connectivity index (χ0v) is 20.0. The van der Waals surface area contributed by atoms with Crippen LogP contribution in [0.25, 0.3) is 0 Å². The van der Waals surface area contributed by atoms with Crippen LogP contribution in [0.3, 0.4) is 0 Å². The van der Waals surface area contributed by atoms with Gasteiger partial charge in [-0.1, -0.05) is 51.1 Å².